The molecule has 13 heavy (non-hydrogen) atoms. The molecule has 1 aromatic carbocycles. The second-order valence-electron chi connectivity index (χ2n) is 2.74. The van der Waals surface area contributed by atoms with Gasteiger partial charge in [0.1, 0.15) is 0 Å². The van der Waals surface area contributed by atoms with Gasteiger partial charge in [0.25, 0.3) is 0 Å². The second-order valence-corrected chi connectivity index (χ2v) is 3.37. The van der Waals surface area contributed by atoms with Crippen molar-refractivity contribution in [3.05, 3.63) is 29.8 Å². The van der Waals surface area contributed by atoms with Crippen LogP contribution >= 0.6 is 12.6 Å². The van der Waals surface area contributed by atoms with Gasteiger partial charge in [-0.3, -0.25) is 4.79 Å². The highest BCUT2D eigenvalue weighted by molar-refractivity contribution is 7.80. The average Bonchev–Trinajstić information content (AvgIpc) is 2.03. The molecule has 0 aromatic heterocycles. The topological polar surface area (TPSA) is 63.3 Å². The summed E-state index contributed by atoms with van der Waals surface area (Å²) in [6.07, 6.45) is -0.0165. The van der Waals surface area contributed by atoms with Gasteiger partial charge in [-0.05, 0) is 11.6 Å². The van der Waals surface area contributed by atoms with Crippen LogP contribution in [0, 0.1) is 0 Å². The Hall–Kier alpha value is -1.16. The van der Waals surface area contributed by atoms with E-state index >= 15 is 0 Å². The molecule has 0 spiro atoms. The van der Waals surface area contributed by atoms with E-state index in [1.165, 1.54) is 0 Å². The molecule has 0 heterocycles. The molecule has 0 bridgehead atoms. The second kappa shape index (κ2) is 4.18. The van der Waals surface area contributed by atoms with Crippen LogP contribution in [0.5, 0.6) is 0 Å². The molecule has 1 aromatic rings. The summed E-state index contributed by atoms with van der Waals surface area (Å²) in [6, 6.07) is 7.15. The van der Waals surface area contributed by atoms with Gasteiger partial charge in [0, 0.05) is 10.9 Å². The van der Waals surface area contributed by atoms with Gasteiger partial charge in [-0.15, -0.1) is 0 Å². The van der Waals surface area contributed by atoms with Crippen LogP contribution in [-0.2, 0) is 4.79 Å². The Morgan fingerprint density at radius 2 is 2.15 bits per heavy atom. The van der Waals surface area contributed by atoms with E-state index in [0.29, 0.717) is 5.69 Å². The lowest BCUT2D eigenvalue weighted by atomic mass is 10.1. The van der Waals surface area contributed by atoms with E-state index in [0.717, 1.165) is 5.56 Å². The molecule has 1 atom stereocenters. The summed E-state index contributed by atoms with van der Waals surface area (Å²) in [4.78, 5) is 10.4. The number of rotatable bonds is 3. The molecule has 1 unspecified atom stereocenters. The third-order valence-corrected chi connectivity index (χ3v) is 2.18. The zero-order valence-corrected chi connectivity index (χ0v) is 7.87. The van der Waals surface area contributed by atoms with Gasteiger partial charge in [-0.25, -0.2) is 0 Å². The maximum Gasteiger partial charge on any atom is 0.304 e. The number of nitrogen functional groups attached to an aromatic ring is 1. The normalized spacial score (nSPS) is 12.4. The third-order valence-electron chi connectivity index (χ3n) is 1.72. The third kappa shape index (κ3) is 2.66. The largest absolute Gasteiger partial charge is 0.481 e. The molecule has 0 radical (unpaired) electrons. The van der Waals surface area contributed by atoms with Gasteiger partial charge in [0.2, 0.25) is 0 Å². The summed E-state index contributed by atoms with van der Waals surface area (Å²) < 4.78 is 0. The van der Waals surface area contributed by atoms with E-state index in [9.17, 15) is 4.79 Å². The van der Waals surface area contributed by atoms with Gasteiger partial charge in [-0.1, -0.05) is 18.2 Å². The van der Waals surface area contributed by atoms with E-state index in [-0.39, 0.29) is 11.7 Å². The molecular weight excluding hydrogens is 186 g/mol. The number of para-hydroxylation sites is 1. The molecule has 4 heteroatoms. The predicted octanol–water partition coefficient (Wildman–Crippen LogP) is 1.71. The molecule has 0 aliphatic heterocycles. The Morgan fingerprint density at radius 3 is 2.69 bits per heavy atom. The molecule has 3 N–H and O–H groups in total. The van der Waals surface area contributed by atoms with Crippen LogP contribution in [0.25, 0.3) is 0 Å². The van der Waals surface area contributed by atoms with Crippen LogP contribution in [0.3, 0.4) is 0 Å². The summed E-state index contributed by atoms with van der Waals surface area (Å²) in [7, 11) is 0. The lowest BCUT2D eigenvalue weighted by molar-refractivity contribution is -0.137. The van der Waals surface area contributed by atoms with Crippen LogP contribution < -0.4 is 5.73 Å². The molecule has 1 rings (SSSR count). The van der Waals surface area contributed by atoms with Crippen molar-refractivity contribution in [2.75, 3.05) is 5.73 Å². The molecule has 0 saturated heterocycles. The van der Waals surface area contributed by atoms with Crippen LogP contribution in [0.4, 0.5) is 5.69 Å². The summed E-state index contributed by atoms with van der Waals surface area (Å²) in [5, 5.41) is 8.21. The molecule has 0 saturated carbocycles. The highest BCUT2D eigenvalue weighted by Gasteiger charge is 2.12. The summed E-state index contributed by atoms with van der Waals surface area (Å²) in [5.41, 5.74) is 7.01. The first-order valence-electron chi connectivity index (χ1n) is 3.85. The molecule has 3 nitrogen and oxygen atoms in total. The zero-order chi connectivity index (χ0) is 9.84. The van der Waals surface area contributed by atoms with Crippen molar-refractivity contribution in [3.63, 3.8) is 0 Å². The van der Waals surface area contributed by atoms with E-state index in [1.54, 1.807) is 18.2 Å². The van der Waals surface area contributed by atoms with E-state index < -0.39 is 5.97 Å². The molecule has 0 fully saturated rings. The quantitative estimate of drug-likeness (QED) is 0.510. The van der Waals surface area contributed by atoms with Crippen LogP contribution in [0.1, 0.15) is 17.2 Å². The number of carboxylic acids is 1. The number of anilines is 1. The maximum absolute atomic E-state index is 10.4. The number of aliphatic carboxylic acids is 1. The Kier molecular flexibility index (Phi) is 3.19. The van der Waals surface area contributed by atoms with Crippen LogP contribution in [-0.4, -0.2) is 11.1 Å². The minimum absolute atomic E-state index is 0.0165. The van der Waals surface area contributed by atoms with Crippen molar-refractivity contribution in [1.29, 1.82) is 0 Å². The number of hydrogen-bond donors (Lipinski definition) is 3. The van der Waals surface area contributed by atoms with Crippen LogP contribution in [0.15, 0.2) is 24.3 Å². The van der Waals surface area contributed by atoms with Crippen LogP contribution in [0.2, 0.25) is 0 Å². The molecular formula is C9H11NO2S. The van der Waals surface area contributed by atoms with Crippen molar-refractivity contribution >= 4 is 24.3 Å². The lowest BCUT2D eigenvalue weighted by Gasteiger charge is -2.10. The first kappa shape index (κ1) is 9.92. The van der Waals surface area contributed by atoms with Gasteiger partial charge in [0.15, 0.2) is 0 Å². The number of thiol groups is 1. The number of carbonyl (C=O) groups is 1. The molecule has 0 amide bonds. The van der Waals surface area contributed by atoms with Gasteiger partial charge in [0.05, 0.1) is 6.42 Å². The summed E-state index contributed by atoms with van der Waals surface area (Å²) in [6.45, 7) is 0. The number of carboxylic acid groups (broad SMARTS) is 1. The smallest absolute Gasteiger partial charge is 0.304 e. The Bertz CT molecular complexity index is 314. The molecule has 0 aliphatic rings. The first-order valence-corrected chi connectivity index (χ1v) is 4.37. The minimum Gasteiger partial charge on any atom is -0.481 e. The Balaban J connectivity index is 2.82. The van der Waals surface area contributed by atoms with Gasteiger partial charge < -0.3 is 10.8 Å². The van der Waals surface area contributed by atoms with E-state index in [2.05, 4.69) is 12.6 Å². The number of nitrogens with two attached hydrogens (primary N) is 1. The zero-order valence-electron chi connectivity index (χ0n) is 6.97. The van der Waals surface area contributed by atoms with Crippen molar-refractivity contribution in [2.45, 2.75) is 11.7 Å². The van der Waals surface area contributed by atoms with Crippen molar-refractivity contribution < 1.29 is 9.90 Å². The fraction of sp³-hybridized carbons (Fsp3) is 0.222. The highest BCUT2D eigenvalue weighted by atomic mass is 32.1. The average molecular weight is 197 g/mol. The molecule has 0 aliphatic carbocycles. The lowest BCUT2D eigenvalue weighted by Crippen LogP contribution is -2.03. The van der Waals surface area contributed by atoms with Crippen molar-refractivity contribution in [2.24, 2.45) is 0 Å². The minimum atomic E-state index is -0.872. The van der Waals surface area contributed by atoms with Gasteiger partial charge in [-0.2, -0.15) is 12.6 Å². The summed E-state index contributed by atoms with van der Waals surface area (Å²) in [5.74, 6) is -0.872. The maximum atomic E-state index is 10.4. The van der Waals surface area contributed by atoms with E-state index in [4.69, 9.17) is 10.8 Å². The monoisotopic (exact) mass is 197 g/mol. The fourth-order valence-corrected chi connectivity index (χ4v) is 1.48. The number of benzene rings is 1. The SMILES string of the molecule is Nc1ccccc1C(S)CC(=O)O. The van der Waals surface area contributed by atoms with Crippen molar-refractivity contribution in [3.8, 4) is 0 Å². The van der Waals surface area contributed by atoms with E-state index in [1.807, 2.05) is 6.07 Å². The van der Waals surface area contributed by atoms with Crippen molar-refractivity contribution in [1.82, 2.24) is 0 Å². The standard InChI is InChI=1S/C9H11NO2S/c10-7-4-2-1-3-6(7)8(13)5-9(11)12/h1-4,8,13H,5,10H2,(H,11,12). The number of hydrogen-bond acceptors (Lipinski definition) is 3. The fourth-order valence-electron chi connectivity index (χ4n) is 1.09. The summed E-state index contributed by atoms with van der Waals surface area (Å²) >= 11 is 4.17. The van der Waals surface area contributed by atoms with Gasteiger partial charge >= 0.3 is 5.97 Å². The Labute approximate surface area is 82.0 Å². The highest BCUT2D eigenvalue weighted by Crippen LogP contribution is 2.27. The first-order chi connectivity index (χ1) is 6.11. The molecule has 70 valence electrons. The predicted molar refractivity (Wildman–Crippen MR) is 54.8 cm³/mol. The Morgan fingerprint density at radius 1 is 1.54 bits per heavy atom.